The summed E-state index contributed by atoms with van der Waals surface area (Å²) in [5.41, 5.74) is 1.37. The van der Waals surface area contributed by atoms with Gasteiger partial charge in [0, 0.05) is 17.8 Å². The van der Waals surface area contributed by atoms with E-state index in [1.54, 1.807) is 12.1 Å². The number of carbonyl (C=O) groups is 1. The van der Waals surface area contributed by atoms with Crippen LogP contribution in [0.3, 0.4) is 0 Å². The molecule has 0 saturated heterocycles. The molecule has 0 aromatic carbocycles. The Labute approximate surface area is 120 Å². The summed E-state index contributed by atoms with van der Waals surface area (Å²) in [5.74, 6) is 0.975. The van der Waals surface area contributed by atoms with Gasteiger partial charge in [0.15, 0.2) is 10.8 Å². The zero-order chi connectivity index (χ0) is 13.9. The Kier molecular flexibility index (Phi) is 3.60. The van der Waals surface area contributed by atoms with Crippen molar-refractivity contribution in [2.45, 2.75) is 25.7 Å². The third-order valence-electron chi connectivity index (χ3n) is 2.99. The Hall–Kier alpha value is -2.02. The number of nitrogens with zero attached hydrogens (tertiary/aromatic N) is 3. The molecule has 0 atom stereocenters. The zero-order valence-corrected chi connectivity index (χ0v) is 11.9. The number of amides is 1. The summed E-state index contributed by atoms with van der Waals surface area (Å²) < 4.78 is 0. The molecular formula is C13H15N5OS. The quantitative estimate of drug-likeness (QED) is 0.884. The van der Waals surface area contributed by atoms with E-state index in [0.29, 0.717) is 16.9 Å². The van der Waals surface area contributed by atoms with Crippen LogP contribution in [-0.2, 0) is 0 Å². The Morgan fingerprint density at radius 2 is 2.25 bits per heavy atom. The number of hydrogen-bond acceptors (Lipinski definition) is 6. The number of rotatable bonds is 5. The van der Waals surface area contributed by atoms with E-state index in [9.17, 15) is 4.79 Å². The van der Waals surface area contributed by atoms with Gasteiger partial charge in [-0.25, -0.2) is 4.98 Å². The summed E-state index contributed by atoms with van der Waals surface area (Å²) in [4.78, 5) is 16.4. The van der Waals surface area contributed by atoms with Crippen LogP contribution in [0.4, 0.5) is 10.9 Å². The third-order valence-corrected chi connectivity index (χ3v) is 3.77. The van der Waals surface area contributed by atoms with Crippen LogP contribution >= 0.6 is 11.3 Å². The van der Waals surface area contributed by atoms with Crippen molar-refractivity contribution in [2.24, 2.45) is 0 Å². The highest BCUT2D eigenvalue weighted by molar-refractivity contribution is 7.14. The maximum Gasteiger partial charge on any atom is 0.277 e. The summed E-state index contributed by atoms with van der Waals surface area (Å²) in [6.07, 6.45) is 2.41. The van der Waals surface area contributed by atoms with Gasteiger partial charge in [-0.3, -0.25) is 10.1 Å². The fourth-order valence-corrected chi connectivity index (χ4v) is 2.59. The molecule has 1 amide bonds. The molecular weight excluding hydrogens is 274 g/mol. The monoisotopic (exact) mass is 289 g/mol. The van der Waals surface area contributed by atoms with E-state index in [0.717, 1.165) is 12.2 Å². The molecule has 0 unspecified atom stereocenters. The van der Waals surface area contributed by atoms with Gasteiger partial charge in [0.1, 0.15) is 5.82 Å². The van der Waals surface area contributed by atoms with Crippen molar-refractivity contribution in [3.63, 3.8) is 0 Å². The molecule has 0 radical (unpaired) electrons. The lowest BCUT2D eigenvalue weighted by Gasteiger charge is -2.02. The van der Waals surface area contributed by atoms with Crippen molar-refractivity contribution >= 4 is 28.2 Å². The highest BCUT2D eigenvalue weighted by Crippen LogP contribution is 2.40. The van der Waals surface area contributed by atoms with Crippen LogP contribution in [-0.4, -0.2) is 27.6 Å². The molecule has 1 fully saturated rings. The van der Waals surface area contributed by atoms with Gasteiger partial charge in [0.2, 0.25) is 0 Å². The van der Waals surface area contributed by atoms with Crippen LogP contribution in [0.1, 0.15) is 41.9 Å². The predicted molar refractivity (Wildman–Crippen MR) is 78.2 cm³/mol. The Morgan fingerprint density at radius 1 is 1.40 bits per heavy atom. The lowest BCUT2D eigenvalue weighted by atomic mass is 10.3. The summed E-state index contributed by atoms with van der Waals surface area (Å²) in [6.45, 7) is 2.74. The van der Waals surface area contributed by atoms with Crippen LogP contribution in [0.5, 0.6) is 0 Å². The second-order valence-corrected chi connectivity index (χ2v) is 5.50. The summed E-state index contributed by atoms with van der Waals surface area (Å²) in [7, 11) is 0. The normalized spacial score (nSPS) is 14.1. The molecule has 0 aliphatic heterocycles. The second-order valence-electron chi connectivity index (χ2n) is 4.64. The molecule has 0 spiro atoms. The summed E-state index contributed by atoms with van der Waals surface area (Å²) in [6, 6.07) is 3.39. The van der Waals surface area contributed by atoms with Gasteiger partial charge in [-0.1, -0.05) is 0 Å². The topological polar surface area (TPSA) is 79.8 Å². The molecule has 2 aromatic heterocycles. The first-order valence-corrected chi connectivity index (χ1v) is 7.48. The lowest BCUT2D eigenvalue weighted by Crippen LogP contribution is -2.14. The maximum absolute atomic E-state index is 12.0. The van der Waals surface area contributed by atoms with Crippen LogP contribution in [0.2, 0.25) is 0 Å². The van der Waals surface area contributed by atoms with Crippen LogP contribution in [0.25, 0.3) is 0 Å². The first-order chi connectivity index (χ1) is 9.76. The Balaban J connectivity index is 1.65. The van der Waals surface area contributed by atoms with Gasteiger partial charge in [0.05, 0.1) is 5.69 Å². The second kappa shape index (κ2) is 5.54. The van der Waals surface area contributed by atoms with E-state index in [1.807, 2.05) is 12.3 Å². The van der Waals surface area contributed by atoms with Crippen LogP contribution in [0, 0.1) is 0 Å². The molecule has 1 aliphatic rings. The number of anilines is 2. The van der Waals surface area contributed by atoms with Crippen molar-refractivity contribution < 1.29 is 4.79 Å². The molecule has 3 rings (SSSR count). The average Bonchev–Trinajstić information content (AvgIpc) is 3.21. The Bertz CT molecular complexity index is 605. The molecule has 1 saturated carbocycles. The van der Waals surface area contributed by atoms with Crippen LogP contribution in [0.15, 0.2) is 17.5 Å². The van der Waals surface area contributed by atoms with Crippen molar-refractivity contribution in [1.29, 1.82) is 0 Å². The van der Waals surface area contributed by atoms with Gasteiger partial charge in [-0.2, -0.15) is 0 Å². The van der Waals surface area contributed by atoms with E-state index in [-0.39, 0.29) is 11.6 Å². The molecule has 0 bridgehead atoms. The lowest BCUT2D eigenvalue weighted by molar-refractivity contribution is 0.102. The van der Waals surface area contributed by atoms with Gasteiger partial charge >= 0.3 is 0 Å². The number of hydrogen-bond donors (Lipinski definition) is 2. The molecule has 20 heavy (non-hydrogen) atoms. The summed E-state index contributed by atoms with van der Waals surface area (Å²) in [5, 5.41) is 16.3. The van der Waals surface area contributed by atoms with Crippen molar-refractivity contribution in [3.8, 4) is 0 Å². The van der Waals surface area contributed by atoms with Crippen molar-refractivity contribution in [3.05, 3.63) is 28.9 Å². The minimum Gasteiger partial charge on any atom is -0.369 e. The van der Waals surface area contributed by atoms with Gasteiger partial charge in [-0.05, 0) is 31.9 Å². The molecule has 2 heterocycles. The molecule has 2 N–H and O–H groups in total. The van der Waals surface area contributed by atoms with E-state index >= 15 is 0 Å². The first-order valence-electron chi connectivity index (χ1n) is 6.60. The first kappa shape index (κ1) is 13.0. The maximum atomic E-state index is 12.0. The van der Waals surface area contributed by atoms with E-state index in [4.69, 9.17) is 0 Å². The van der Waals surface area contributed by atoms with Gasteiger partial charge < -0.3 is 5.32 Å². The van der Waals surface area contributed by atoms with Crippen molar-refractivity contribution in [1.82, 2.24) is 15.2 Å². The number of thiazole rings is 1. The fourth-order valence-electron chi connectivity index (χ4n) is 1.80. The highest BCUT2D eigenvalue weighted by atomic mass is 32.1. The van der Waals surface area contributed by atoms with Crippen molar-refractivity contribution in [2.75, 3.05) is 17.2 Å². The smallest absolute Gasteiger partial charge is 0.277 e. The largest absolute Gasteiger partial charge is 0.369 e. The highest BCUT2D eigenvalue weighted by Gasteiger charge is 2.26. The SMILES string of the molecule is CCNc1ccc(C(=O)Nc2nc(C3CC3)cs2)nn1. The predicted octanol–water partition coefficient (Wildman–Crippen LogP) is 2.49. The molecule has 104 valence electrons. The zero-order valence-electron chi connectivity index (χ0n) is 11.1. The number of carbonyl (C=O) groups excluding carboxylic acids is 1. The third kappa shape index (κ3) is 2.93. The number of aromatic nitrogens is 3. The molecule has 2 aromatic rings. The molecule has 6 nitrogen and oxygen atoms in total. The molecule has 7 heteroatoms. The van der Waals surface area contributed by atoms with Gasteiger partial charge in [0.25, 0.3) is 5.91 Å². The van der Waals surface area contributed by atoms with Crippen LogP contribution < -0.4 is 10.6 Å². The average molecular weight is 289 g/mol. The number of nitrogens with one attached hydrogen (secondary N) is 2. The summed E-state index contributed by atoms with van der Waals surface area (Å²) >= 11 is 1.45. The fraction of sp³-hybridized carbons (Fsp3) is 0.385. The van der Waals surface area contributed by atoms with Gasteiger partial charge in [-0.15, -0.1) is 21.5 Å². The standard InChI is InChI=1S/C13H15N5OS/c1-2-14-11-6-5-9(17-18-11)12(19)16-13-15-10(7-20-13)8-3-4-8/h5-8H,2-4H2,1H3,(H,14,18)(H,15,16,19). The van der Waals surface area contributed by atoms with E-state index in [1.165, 1.54) is 24.2 Å². The minimum atomic E-state index is -0.280. The Morgan fingerprint density at radius 3 is 2.90 bits per heavy atom. The van der Waals surface area contributed by atoms with E-state index < -0.39 is 0 Å². The minimum absolute atomic E-state index is 0.280. The molecule has 1 aliphatic carbocycles. The van der Waals surface area contributed by atoms with E-state index in [2.05, 4.69) is 25.8 Å².